The molecule has 5 rings (SSSR count). The number of fused-ring (bicyclic) bond motifs is 5. The van der Waals surface area contributed by atoms with Crippen LogP contribution in [0.4, 0.5) is 11.4 Å². The molecule has 0 unspecified atom stereocenters. The maximum atomic E-state index is 12.9. The Balaban J connectivity index is 1.40. The fourth-order valence-electron chi connectivity index (χ4n) is 4.68. The highest BCUT2D eigenvalue weighted by molar-refractivity contribution is 6.30. The largest absolute Gasteiger partial charge is 0.322 e. The van der Waals surface area contributed by atoms with E-state index in [1.807, 2.05) is 0 Å². The molecule has 5 nitrogen and oxygen atoms in total. The molecule has 6 heteroatoms. The quantitative estimate of drug-likeness (QED) is 0.636. The number of carbonyl (C=O) groups is 3. The summed E-state index contributed by atoms with van der Waals surface area (Å²) in [5.41, 5.74) is 1.45. The third-order valence-electron chi connectivity index (χ3n) is 5.94. The molecule has 28 heavy (non-hydrogen) atoms. The lowest BCUT2D eigenvalue weighted by molar-refractivity contribution is -0.123. The van der Waals surface area contributed by atoms with Crippen molar-refractivity contribution in [3.05, 3.63) is 71.3 Å². The summed E-state index contributed by atoms with van der Waals surface area (Å²) in [4.78, 5) is 39.8. The Bertz CT molecular complexity index is 1000. The van der Waals surface area contributed by atoms with E-state index < -0.39 is 0 Å². The predicted molar refractivity (Wildman–Crippen MR) is 106 cm³/mol. The Morgan fingerprint density at radius 2 is 1.61 bits per heavy atom. The van der Waals surface area contributed by atoms with Crippen LogP contribution < -0.4 is 10.2 Å². The summed E-state index contributed by atoms with van der Waals surface area (Å²) in [7, 11) is 0. The van der Waals surface area contributed by atoms with Gasteiger partial charge in [-0.05, 0) is 60.7 Å². The molecular formula is C22H17ClN2O3. The second-order valence-electron chi connectivity index (χ2n) is 7.52. The first-order chi connectivity index (χ1) is 13.5. The van der Waals surface area contributed by atoms with Crippen LogP contribution in [0, 0.1) is 23.7 Å². The molecule has 2 aromatic rings. The van der Waals surface area contributed by atoms with Crippen molar-refractivity contribution in [3.63, 3.8) is 0 Å². The van der Waals surface area contributed by atoms with Crippen molar-refractivity contribution in [1.29, 1.82) is 0 Å². The van der Waals surface area contributed by atoms with Crippen LogP contribution in [0.1, 0.15) is 16.8 Å². The first-order valence-electron chi connectivity index (χ1n) is 9.26. The minimum Gasteiger partial charge on any atom is -0.322 e. The van der Waals surface area contributed by atoms with Gasteiger partial charge in [-0.2, -0.15) is 0 Å². The van der Waals surface area contributed by atoms with Crippen LogP contribution in [0.5, 0.6) is 0 Å². The van der Waals surface area contributed by atoms with E-state index in [9.17, 15) is 14.4 Å². The van der Waals surface area contributed by atoms with Crippen molar-refractivity contribution in [1.82, 2.24) is 0 Å². The van der Waals surface area contributed by atoms with Gasteiger partial charge < -0.3 is 5.32 Å². The van der Waals surface area contributed by atoms with Crippen LogP contribution in [-0.2, 0) is 9.59 Å². The van der Waals surface area contributed by atoms with E-state index in [1.54, 1.807) is 48.5 Å². The standard InChI is InChI=1S/C22H17ClN2O3/c23-15-6-8-16(9-7-15)24-20(26)14-2-1-3-17(11-14)25-21(27)18-12-4-5-13(10-12)19(18)22(25)28/h1-9,11-13,18-19H,10H2,(H,24,26)/t12-,13-,18+,19+/m0/s1. The fraction of sp³-hybridized carbons (Fsp3) is 0.227. The van der Waals surface area contributed by atoms with Crippen molar-refractivity contribution >= 4 is 40.7 Å². The van der Waals surface area contributed by atoms with Crippen molar-refractivity contribution in [2.24, 2.45) is 23.7 Å². The van der Waals surface area contributed by atoms with E-state index >= 15 is 0 Å². The Hall–Kier alpha value is -2.92. The lowest BCUT2D eigenvalue weighted by Gasteiger charge is -2.18. The monoisotopic (exact) mass is 392 g/mol. The van der Waals surface area contributed by atoms with E-state index in [0.717, 1.165) is 6.42 Å². The van der Waals surface area contributed by atoms with Crippen LogP contribution in [-0.4, -0.2) is 17.7 Å². The van der Waals surface area contributed by atoms with E-state index in [-0.39, 0.29) is 41.4 Å². The highest BCUT2D eigenvalue weighted by Crippen LogP contribution is 2.53. The minimum absolute atomic E-state index is 0.151. The van der Waals surface area contributed by atoms with Crippen molar-refractivity contribution in [3.8, 4) is 0 Å². The van der Waals surface area contributed by atoms with E-state index in [2.05, 4.69) is 17.5 Å². The number of hydrogen-bond donors (Lipinski definition) is 1. The van der Waals surface area contributed by atoms with Gasteiger partial charge >= 0.3 is 0 Å². The molecular weight excluding hydrogens is 376 g/mol. The molecule has 4 atom stereocenters. The lowest BCUT2D eigenvalue weighted by atomic mass is 9.85. The smallest absolute Gasteiger partial charge is 0.255 e. The van der Waals surface area contributed by atoms with Gasteiger partial charge in [-0.15, -0.1) is 0 Å². The van der Waals surface area contributed by atoms with Gasteiger partial charge in [-0.3, -0.25) is 14.4 Å². The summed E-state index contributed by atoms with van der Waals surface area (Å²) in [6.07, 6.45) is 5.02. The number of carbonyl (C=O) groups excluding carboxylic acids is 3. The first-order valence-corrected chi connectivity index (χ1v) is 9.64. The number of anilines is 2. The maximum Gasteiger partial charge on any atom is 0.255 e. The Morgan fingerprint density at radius 1 is 0.964 bits per heavy atom. The number of allylic oxidation sites excluding steroid dienone is 2. The molecule has 1 heterocycles. The van der Waals surface area contributed by atoms with Gasteiger partial charge in [0.1, 0.15) is 0 Å². The van der Waals surface area contributed by atoms with E-state index in [0.29, 0.717) is 22.0 Å². The Morgan fingerprint density at radius 3 is 2.25 bits per heavy atom. The zero-order valence-electron chi connectivity index (χ0n) is 14.8. The first kappa shape index (κ1) is 17.2. The molecule has 1 saturated carbocycles. The topological polar surface area (TPSA) is 66.5 Å². The SMILES string of the molecule is O=C(Nc1ccc(Cl)cc1)c1cccc(N2C(=O)[C@H]3[C@H](C2=O)[C@H]2C=C[C@H]3C2)c1. The molecule has 0 aromatic heterocycles. The molecule has 0 radical (unpaired) electrons. The molecule has 2 fully saturated rings. The Labute approximate surface area is 167 Å². The number of benzene rings is 2. The zero-order chi connectivity index (χ0) is 19.4. The number of amides is 3. The van der Waals surface area contributed by atoms with Gasteiger partial charge in [0.05, 0.1) is 17.5 Å². The van der Waals surface area contributed by atoms with Gasteiger partial charge in [0, 0.05) is 16.3 Å². The second-order valence-corrected chi connectivity index (χ2v) is 7.96. The van der Waals surface area contributed by atoms with E-state index in [1.165, 1.54) is 4.90 Å². The lowest BCUT2D eigenvalue weighted by Crippen LogP contribution is -2.33. The van der Waals surface area contributed by atoms with Crippen molar-refractivity contribution in [2.75, 3.05) is 10.2 Å². The van der Waals surface area contributed by atoms with Crippen LogP contribution >= 0.6 is 11.6 Å². The summed E-state index contributed by atoms with van der Waals surface area (Å²) >= 11 is 5.86. The predicted octanol–water partition coefficient (Wildman–Crippen LogP) is 3.90. The van der Waals surface area contributed by atoms with Gasteiger partial charge in [0.15, 0.2) is 0 Å². The average Bonchev–Trinajstić information content (AvgIpc) is 3.37. The third kappa shape index (κ3) is 2.58. The number of nitrogens with zero attached hydrogens (tertiary/aromatic N) is 1. The molecule has 2 aliphatic carbocycles. The molecule has 2 bridgehead atoms. The number of hydrogen-bond acceptors (Lipinski definition) is 3. The van der Waals surface area contributed by atoms with Crippen molar-refractivity contribution in [2.45, 2.75) is 6.42 Å². The zero-order valence-corrected chi connectivity index (χ0v) is 15.6. The van der Waals surface area contributed by atoms with E-state index in [4.69, 9.17) is 11.6 Å². The molecule has 0 spiro atoms. The fourth-order valence-corrected chi connectivity index (χ4v) is 4.81. The molecule has 1 aliphatic heterocycles. The van der Waals surface area contributed by atoms with Crippen LogP contribution in [0.2, 0.25) is 5.02 Å². The molecule has 3 amide bonds. The average molecular weight is 393 g/mol. The maximum absolute atomic E-state index is 12.9. The number of halogens is 1. The van der Waals surface area contributed by atoms with Gasteiger partial charge in [-0.25, -0.2) is 4.90 Å². The third-order valence-corrected chi connectivity index (χ3v) is 6.19. The summed E-state index contributed by atoms with van der Waals surface area (Å²) < 4.78 is 0. The van der Waals surface area contributed by atoms with Gasteiger partial charge in [0.25, 0.3) is 5.91 Å². The number of rotatable bonds is 3. The molecule has 1 saturated heterocycles. The van der Waals surface area contributed by atoms with Crippen molar-refractivity contribution < 1.29 is 14.4 Å². The van der Waals surface area contributed by atoms with Crippen LogP contribution in [0.25, 0.3) is 0 Å². The number of nitrogens with one attached hydrogen (secondary N) is 1. The summed E-state index contributed by atoms with van der Waals surface area (Å²) in [5.74, 6) is -0.807. The highest BCUT2D eigenvalue weighted by Gasteiger charge is 2.59. The molecule has 1 N–H and O–H groups in total. The van der Waals surface area contributed by atoms with Crippen LogP contribution in [0.15, 0.2) is 60.7 Å². The highest BCUT2D eigenvalue weighted by atomic mass is 35.5. The number of imide groups is 1. The minimum atomic E-state index is -0.315. The second kappa shape index (κ2) is 6.31. The normalized spacial score (nSPS) is 27.4. The Kier molecular flexibility index (Phi) is 3.88. The molecule has 3 aliphatic rings. The molecule has 140 valence electrons. The van der Waals surface area contributed by atoms with Gasteiger partial charge in [-0.1, -0.05) is 29.8 Å². The summed E-state index contributed by atoms with van der Waals surface area (Å²) in [5, 5.41) is 3.38. The summed E-state index contributed by atoms with van der Waals surface area (Å²) in [6, 6.07) is 13.4. The summed E-state index contributed by atoms with van der Waals surface area (Å²) in [6.45, 7) is 0. The molecule has 2 aromatic carbocycles. The van der Waals surface area contributed by atoms with Gasteiger partial charge in [0.2, 0.25) is 11.8 Å². The van der Waals surface area contributed by atoms with Crippen LogP contribution in [0.3, 0.4) is 0 Å².